The number of nitriles is 1. The minimum Gasteiger partial charge on any atom is -0.378 e. The molecule has 1 fully saturated rings. The molecular formula is C18H20BrN3O2. The number of hydrogen-bond acceptors (Lipinski definition) is 4. The van der Waals surface area contributed by atoms with Gasteiger partial charge in [0, 0.05) is 28.5 Å². The van der Waals surface area contributed by atoms with E-state index in [-0.39, 0.29) is 11.4 Å². The lowest BCUT2D eigenvalue weighted by Gasteiger charge is -2.29. The Balaban J connectivity index is 0.00000100. The number of benzene rings is 1. The number of Topliss-reactive ketones (excluding diaryl/α,β-unsaturated/α-hetero) is 1. The van der Waals surface area contributed by atoms with E-state index in [1.807, 2.05) is 26.0 Å². The molecule has 1 N–H and O–H groups in total. The maximum atomic E-state index is 12.0. The molecule has 126 valence electrons. The number of nitrogens with one attached hydrogen (secondary N) is 1. The first-order valence-corrected chi connectivity index (χ1v) is 8.68. The highest BCUT2D eigenvalue weighted by molar-refractivity contribution is 9.10. The van der Waals surface area contributed by atoms with Gasteiger partial charge in [0.05, 0.1) is 30.2 Å². The molecule has 0 bridgehead atoms. The van der Waals surface area contributed by atoms with Gasteiger partial charge >= 0.3 is 0 Å². The first-order chi connectivity index (χ1) is 11.6. The minimum atomic E-state index is -0.372. The van der Waals surface area contributed by atoms with Gasteiger partial charge in [-0.25, -0.2) is 0 Å². The summed E-state index contributed by atoms with van der Waals surface area (Å²) in [4.78, 5) is 17.3. The largest absolute Gasteiger partial charge is 0.378 e. The molecule has 0 amide bonds. The zero-order chi connectivity index (χ0) is 17.7. The van der Waals surface area contributed by atoms with E-state index in [4.69, 9.17) is 10.00 Å². The Bertz CT molecular complexity index is 798. The third-order valence-electron chi connectivity index (χ3n) is 3.69. The summed E-state index contributed by atoms with van der Waals surface area (Å²) in [6.07, 6.45) is 0. The van der Waals surface area contributed by atoms with E-state index in [0.29, 0.717) is 18.9 Å². The molecule has 0 radical (unpaired) electrons. The van der Waals surface area contributed by atoms with Crippen LogP contribution in [0.25, 0.3) is 10.9 Å². The van der Waals surface area contributed by atoms with Crippen LogP contribution >= 0.6 is 15.9 Å². The van der Waals surface area contributed by atoms with E-state index in [2.05, 4.69) is 32.4 Å². The van der Waals surface area contributed by atoms with Crippen molar-refractivity contribution in [1.29, 1.82) is 5.26 Å². The second kappa shape index (κ2) is 8.13. The molecule has 0 spiro atoms. The molecule has 1 aliphatic heterocycles. The molecule has 0 unspecified atom stereocenters. The lowest BCUT2D eigenvalue weighted by Crippen LogP contribution is -2.36. The van der Waals surface area contributed by atoms with Crippen molar-refractivity contribution >= 4 is 38.3 Å². The monoisotopic (exact) mass is 389 g/mol. The molecule has 0 saturated carbocycles. The fourth-order valence-electron chi connectivity index (χ4n) is 2.52. The van der Waals surface area contributed by atoms with E-state index in [9.17, 15) is 4.79 Å². The van der Waals surface area contributed by atoms with Crippen LogP contribution in [0.4, 0.5) is 5.69 Å². The molecule has 1 saturated heterocycles. The van der Waals surface area contributed by atoms with Crippen LogP contribution in [0.1, 0.15) is 24.3 Å². The maximum Gasteiger partial charge on any atom is 0.219 e. The Morgan fingerprint density at radius 3 is 2.62 bits per heavy atom. The smallest absolute Gasteiger partial charge is 0.219 e. The average molecular weight is 390 g/mol. The highest BCUT2D eigenvalue weighted by atomic mass is 79.9. The van der Waals surface area contributed by atoms with E-state index < -0.39 is 0 Å². The average Bonchev–Trinajstić information content (AvgIpc) is 3.04. The van der Waals surface area contributed by atoms with Crippen molar-refractivity contribution in [3.05, 3.63) is 40.5 Å². The van der Waals surface area contributed by atoms with Crippen molar-refractivity contribution in [2.24, 2.45) is 0 Å². The summed E-state index contributed by atoms with van der Waals surface area (Å²) < 4.78 is 6.33. The SMILES string of the molecule is C=C(C#N)C(=O)c1cc2cc(N3CCOCC3)c(Br)cc2[nH]1.CC. The number of ether oxygens (including phenoxy) is 1. The number of carbonyl (C=O) groups excluding carboxylic acids is 1. The van der Waals surface area contributed by atoms with Gasteiger partial charge in [-0.15, -0.1) is 0 Å². The molecule has 2 aromatic rings. The number of H-pyrrole nitrogens is 1. The molecule has 6 heteroatoms. The van der Waals surface area contributed by atoms with Gasteiger partial charge in [0.2, 0.25) is 5.78 Å². The highest BCUT2D eigenvalue weighted by Crippen LogP contribution is 2.32. The van der Waals surface area contributed by atoms with Gasteiger partial charge in [0.15, 0.2) is 0 Å². The normalized spacial score (nSPS) is 13.8. The highest BCUT2D eigenvalue weighted by Gasteiger charge is 2.17. The first kappa shape index (κ1) is 18.2. The molecule has 0 aliphatic carbocycles. The van der Waals surface area contributed by atoms with Crippen molar-refractivity contribution in [3.8, 4) is 6.07 Å². The number of aromatic amines is 1. The van der Waals surface area contributed by atoms with E-state index in [0.717, 1.165) is 34.2 Å². The summed E-state index contributed by atoms with van der Waals surface area (Å²) in [7, 11) is 0. The van der Waals surface area contributed by atoms with E-state index >= 15 is 0 Å². The van der Waals surface area contributed by atoms with Gasteiger partial charge < -0.3 is 14.6 Å². The van der Waals surface area contributed by atoms with Crippen molar-refractivity contribution in [2.75, 3.05) is 31.2 Å². The number of halogens is 1. The summed E-state index contributed by atoms with van der Waals surface area (Å²) >= 11 is 3.58. The summed E-state index contributed by atoms with van der Waals surface area (Å²) in [5, 5.41) is 9.72. The number of fused-ring (bicyclic) bond motifs is 1. The number of rotatable bonds is 3. The Morgan fingerprint density at radius 2 is 2.00 bits per heavy atom. The molecule has 2 heterocycles. The van der Waals surface area contributed by atoms with Gasteiger partial charge in [-0.2, -0.15) is 5.26 Å². The van der Waals surface area contributed by atoms with Crippen molar-refractivity contribution < 1.29 is 9.53 Å². The molecule has 0 atom stereocenters. The van der Waals surface area contributed by atoms with Gasteiger partial charge in [-0.3, -0.25) is 4.79 Å². The summed E-state index contributed by atoms with van der Waals surface area (Å²) in [5.41, 5.74) is 2.23. The number of nitrogens with zero attached hydrogens (tertiary/aromatic N) is 2. The van der Waals surface area contributed by atoms with Crippen molar-refractivity contribution in [3.63, 3.8) is 0 Å². The van der Waals surface area contributed by atoms with E-state index in [1.54, 1.807) is 12.1 Å². The van der Waals surface area contributed by atoms with Crippen LogP contribution in [-0.4, -0.2) is 37.1 Å². The summed E-state index contributed by atoms with van der Waals surface area (Å²) in [6, 6.07) is 7.53. The number of hydrogen-bond donors (Lipinski definition) is 1. The molecule has 1 aliphatic rings. The molecular weight excluding hydrogens is 370 g/mol. The summed E-state index contributed by atoms with van der Waals surface area (Å²) in [6.45, 7) is 10.6. The molecule has 5 nitrogen and oxygen atoms in total. The van der Waals surface area contributed by atoms with Crippen molar-refractivity contribution in [2.45, 2.75) is 13.8 Å². The lowest BCUT2D eigenvalue weighted by atomic mass is 10.1. The maximum absolute atomic E-state index is 12.0. The van der Waals surface area contributed by atoms with Crippen LogP contribution < -0.4 is 4.90 Å². The quantitative estimate of drug-likeness (QED) is 0.488. The minimum absolute atomic E-state index is 0.0703. The Hall–Kier alpha value is -2.10. The standard InChI is InChI=1S/C16H14BrN3O2.C2H6/c1-10(9-18)16(21)14-6-11-7-15(12(17)8-13(11)19-14)20-2-4-22-5-3-20;1-2/h6-8,19H,1-5H2;1-2H3. The third kappa shape index (κ3) is 3.69. The number of aromatic nitrogens is 1. The van der Waals surface area contributed by atoms with Gasteiger partial charge in [0.25, 0.3) is 0 Å². The number of morpholine rings is 1. The molecule has 1 aromatic heterocycles. The Kier molecular flexibility index (Phi) is 6.18. The van der Waals surface area contributed by atoms with Crippen LogP contribution in [0.2, 0.25) is 0 Å². The molecule has 3 rings (SSSR count). The van der Waals surface area contributed by atoms with Crippen LogP contribution in [0.15, 0.2) is 34.8 Å². The lowest BCUT2D eigenvalue weighted by molar-refractivity contribution is 0.103. The number of ketones is 1. The summed E-state index contributed by atoms with van der Waals surface area (Å²) in [5.74, 6) is -0.372. The van der Waals surface area contributed by atoms with Crippen molar-refractivity contribution in [1.82, 2.24) is 4.98 Å². The van der Waals surface area contributed by atoms with E-state index in [1.165, 1.54) is 0 Å². The second-order valence-electron chi connectivity index (χ2n) is 5.09. The van der Waals surface area contributed by atoms with Gasteiger partial charge in [-0.05, 0) is 34.1 Å². The first-order valence-electron chi connectivity index (χ1n) is 7.89. The topological polar surface area (TPSA) is 69.1 Å². The third-order valence-corrected chi connectivity index (χ3v) is 4.33. The predicted octanol–water partition coefficient (Wildman–Crippen LogP) is 4.06. The predicted molar refractivity (Wildman–Crippen MR) is 99.5 cm³/mol. The van der Waals surface area contributed by atoms with Gasteiger partial charge in [0.1, 0.15) is 6.07 Å². The Morgan fingerprint density at radius 1 is 1.33 bits per heavy atom. The van der Waals surface area contributed by atoms with Crippen LogP contribution in [0.5, 0.6) is 0 Å². The van der Waals surface area contributed by atoms with Crippen LogP contribution in [0.3, 0.4) is 0 Å². The fourth-order valence-corrected chi connectivity index (χ4v) is 3.12. The number of anilines is 1. The molecule has 24 heavy (non-hydrogen) atoms. The second-order valence-corrected chi connectivity index (χ2v) is 5.95. The number of carbonyl (C=O) groups is 1. The zero-order valence-electron chi connectivity index (χ0n) is 13.9. The zero-order valence-corrected chi connectivity index (χ0v) is 15.4. The van der Waals surface area contributed by atoms with Crippen LogP contribution in [-0.2, 0) is 4.74 Å². The number of allylic oxidation sites excluding steroid dienone is 1. The molecule has 1 aromatic carbocycles. The van der Waals surface area contributed by atoms with Crippen LogP contribution in [0, 0.1) is 11.3 Å². The Labute approximate surface area is 150 Å². The fraction of sp³-hybridized carbons (Fsp3) is 0.333. The van der Waals surface area contributed by atoms with Gasteiger partial charge in [-0.1, -0.05) is 20.4 Å².